The van der Waals surface area contributed by atoms with E-state index in [2.05, 4.69) is 21.2 Å². The lowest BCUT2D eigenvalue weighted by molar-refractivity contribution is 0.102. The number of hydrogen-bond acceptors (Lipinski definition) is 2. The van der Waals surface area contributed by atoms with E-state index in [0.29, 0.717) is 11.3 Å². The third-order valence-electron chi connectivity index (χ3n) is 2.29. The van der Waals surface area contributed by atoms with E-state index in [9.17, 15) is 4.79 Å². The molecule has 0 aliphatic rings. The maximum atomic E-state index is 11.9. The molecule has 0 aliphatic carbocycles. The van der Waals surface area contributed by atoms with Gasteiger partial charge in [0.15, 0.2) is 0 Å². The summed E-state index contributed by atoms with van der Waals surface area (Å²) >= 11 is 3.37. The third kappa shape index (κ3) is 2.85. The quantitative estimate of drug-likeness (QED) is 0.834. The summed E-state index contributed by atoms with van der Waals surface area (Å²) in [6.07, 6.45) is 0. The number of hydrogen-bond donors (Lipinski definition) is 2. The highest BCUT2D eigenvalue weighted by Crippen LogP contribution is 2.21. The predicted molar refractivity (Wildman–Crippen MR) is 72.9 cm³/mol. The second kappa shape index (κ2) is 5.01. The second-order valence-electron chi connectivity index (χ2n) is 3.56. The molecule has 17 heavy (non-hydrogen) atoms. The summed E-state index contributed by atoms with van der Waals surface area (Å²) in [7, 11) is 0. The van der Waals surface area contributed by atoms with Gasteiger partial charge in [0.1, 0.15) is 0 Å². The van der Waals surface area contributed by atoms with Gasteiger partial charge in [0, 0.05) is 15.7 Å². The van der Waals surface area contributed by atoms with Crippen molar-refractivity contribution in [3.63, 3.8) is 0 Å². The molecule has 0 fully saturated rings. The van der Waals surface area contributed by atoms with E-state index in [0.717, 1.165) is 10.2 Å². The van der Waals surface area contributed by atoms with Crippen LogP contribution in [0.1, 0.15) is 10.4 Å². The zero-order valence-electron chi connectivity index (χ0n) is 8.98. The molecule has 0 bridgehead atoms. The van der Waals surface area contributed by atoms with Crippen LogP contribution < -0.4 is 11.1 Å². The molecule has 0 heterocycles. The predicted octanol–water partition coefficient (Wildman–Crippen LogP) is 3.28. The molecule has 0 saturated heterocycles. The molecular formula is C13H11BrN2O. The van der Waals surface area contributed by atoms with Crippen molar-refractivity contribution >= 4 is 33.2 Å². The summed E-state index contributed by atoms with van der Waals surface area (Å²) in [4.78, 5) is 11.9. The average molecular weight is 291 g/mol. The number of nitrogens with one attached hydrogen (secondary N) is 1. The van der Waals surface area contributed by atoms with Crippen LogP contribution in [0.5, 0.6) is 0 Å². The Morgan fingerprint density at radius 2 is 1.71 bits per heavy atom. The minimum Gasteiger partial charge on any atom is -0.399 e. The standard InChI is InChI=1S/C13H11BrN2O/c14-11-3-1-2-4-12(11)16-13(17)9-5-7-10(15)8-6-9/h1-8H,15H2,(H,16,17). The number of benzene rings is 2. The maximum Gasteiger partial charge on any atom is 0.255 e. The first-order valence-electron chi connectivity index (χ1n) is 5.08. The number of amides is 1. The molecule has 4 heteroatoms. The molecule has 3 N–H and O–H groups in total. The van der Waals surface area contributed by atoms with Crippen LogP contribution in [0.2, 0.25) is 0 Å². The van der Waals surface area contributed by atoms with Gasteiger partial charge in [-0.25, -0.2) is 0 Å². The number of nitrogen functional groups attached to an aromatic ring is 1. The fraction of sp³-hybridized carbons (Fsp3) is 0. The summed E-state index contributed by atoms with van der Waals surface area (Å²) in [5.74, 6) is -0.156. The number of carbonyl (C=O) groups excluding carboxylic acids is 1. The van der Waals surface area contributed by atoms with Crippen molar-refractivity contribution in [1.82, 2.24) is 0 Å². The van der Waals surface area contributed by atoms with Gasteiger partial charge in [-0.1, -0.05) is 12.1 Å². The zero-order chi connectivity index (χ0) is 12.3. The Morgan fingerprint density at radius 3 is 2.35 bits per heavy atom. The first kappa shape index (κ1) is 11.7. The van der Waals surface area contributed by atoms with Crippen molar-refractivity contribution in [2.24, 2.45) is 0 Å². The van der Waals surface area contributed by atoms with Gasteiger partial charge in [-0.3, -0.25) is 4.79 Å². The van der Waals surface area contributed by atoms with Crippen molar-refractivity contribution < 1.29 is 4.79 Å². The number of rotatable bonds is 2. The molecule has 0 atom stereocenters. The Bertz CT molecular complexity index is 537. The summed E-state index contributed by atoms with van der Waals surface area (Å²) in [6, 6.07) is 14.3. The number of para-hydroxylation sites is 1. The normalized spacial score (nSPS) is 9.94. The highest BCUT2D eigenvalue weighted by atomic mass is 79.9. The van der Waals surface area contributed by atoms with Crippen LogP contribution in [0.25, 0.3) is 0 Å². The van der Waals surface area contributed by atoms with E-state index in [4.69, 9.17) is 5.73 Å². The Labute approximate surface area is 108 Å². The van der Waals surface area contributed by atoms with E-state index in [1.807, 2.05) is 24.3 Å². The lowest BCUT2D eigenvalue weighted by Gasteiger charge is -2.07. The molecule has 3 nitrogen and oxygen atoms in total. The van der Waals surface area contributed by atoms with Crippen LogP contribution in [-0.2, 0) is 0 Å². The minimum atomic E-state index is -0.156. The number of carbonyl (C=O) groups is 1. The highest BCUT2D eigenvalue weighted by Gasteiger charge is 2.07. The van der Waals surface area contributed by atoms with Crippen molar-refractivity contribution in [2.75, 3.05) is 11.1 Å². The lowest BCUT2D eigenvalue weighted by Crippen LogP contribution is -2.12. The van der Waals surface area contributed by atoms with Crippen molar-refractivity contribution in [1.29, 1.82) is 0 Å². The molecule has 2 aromatic rings. The van der Waals surface area contributed by atoms with Crippen molar-refractivity contribution in [2.45, 2.75) is 0 Å². The number of halogens is 1. The van der Waals surface area contributed by atoms with Crippen LogP contribution in [0.15, 0.2) is 53.0 Å². The second-order valence-corrected chi connectivity index (χ2v) is 4.41. The molecular weight excluding hydrogens is 280 g/mol. The number of anilines is 2. The van der Waals surface area contributed by atoms with Crippen molar-refractivity contribution in [3.8, 4) is 0 Å². The highest BCUT2D eigenvalue weighted by molar-refractivity contribution is 9.10. The Balaban J connectivity index is 2.17. The Hall–Kier alpha value is -1.81. The van der Waals surface area contributed by atoms with Crippen molar-refractivity contribution in [3.05, 3.63) is 58.6 Å². The van der Waals surface area contributed by atoms with E-state index in [1.54, 1.807) is 24.3 Å². The minimum absolute atomic E-state index is 0.156. The molecule has 0 saturated carbocycles. The topological polar surface area (TPSA) is 55.1 Å². The molecule has 1 amide bonds. The summed E-state index contributed by atoms with van der Waals surface area (Å²) in [5.41, 5.74) is 7.53. The largest absolute Gasteiger partial charge is 0.399 e. The number of nitrogens with two attached hydrogens (primary N) is 1. The Morgan fingerprint density at radius 1 is 1.06 bits per heavy atom. The lowest BCUT2D eigenvalue weighted by atomic mass is 10.2. The van der Waals surface area contributed by atoms with Crippen LogP contribution in [0.4, 0.5) is 11.4 Å². The molecule has 0 spiro atoms. The van der Waals surface area contributed by atoms with E-state index < -0.39 is 0 Å². The first-order valence-corrected chi connectivity index (χ1v) is 5.87. The van der Waals surface area contributed by atoms with Gasteiger partial charge in [-0.2, -0.15) is 0 Å². The Kier molecular flexibility index (Phi) is 3.44. The van der Waals surface area contributed by atoms with Gasteiger partial charge in [0.2, 0.25) is 0 Å². The molecule has 0 aromatic heterocycles. The van der Waals surface area contributed by atoms with Crippen LogP contribution in [0, 0.1) is 0 Å². The van der Waals surface area contributed by atoms with Gasteiger partial charge in [-0.05, 0) is 52.3 Å². The van der Waals surface area contributed by atoms with Gasteiger partial charge >= 0.3 is 0 Å². The third-order valence-corrected chi connectivity index (χ3v) is 2.99. The molecule has 2 aromatic carbocycles. The van der Waals surface area contributed by atoms with Gasteiger partial charge in [0.05, 0.1) is 5.69 Å². The molecule has 0 radical (unpaired) electrons. The maximum absolute atomic E-state index is 11.9. The van der Waals surface area contributed by atoms with Gasteiger partial charge in [-0.15, -0.1) is 0 Å². The molecule has 0 aliphatic heterocycles. The average Bonchev–Trinajstić information content (AvgIpc) is 2.33. The fourth-order valence-electron chi connectivity index (χ4n) is 1.39. The smallest absolute Gasteiger partial charge is 0.255 e. The van der Waals surface area contributed by atoms with Crippen LogP contribution in [-0.4, -0.2) is 5.91 Å². The molecule has 86 valence electrons. The summed E-state index contributed by atoms with van der Waals surface area (Å²) < 4.78 is 0.851. The monoisotopic (exact) mass is 290 g/mol. The van der Waals surface area contributed by atoms with Crippen LogP contribution in [0.3, 0.4) is 0 Å². The molecule has 2 rings (SSSR count). The fourth-order valence-corrected chi connectivity index (χ4v) is 1.78. The van der Waals surface area contributed by atoms with E-state index in [1.165, 1.54) is 0 Å². The molecule has 0 unspecified atom stereocenters. The first-order chi connectivity index (χ1) is 8.16. The van der Waals surface area contributed by atoms with E-state index >= 15 is 0 Å². The van der Waals surface area contributed by atoms with E-state index in [-0.39, 0.29) is 5.91 Å². The summed E-state index contributed by atoms with van der Waals surface area (Å²) in [5, 5.41) is 2.82. The zero-order valence-corrected chi connectivity index (χ0v) is 10.6. The SMILES string of the molecule is Nc1ccc(C(=O)Nc2ccccc2Br)cc1. The van der Waals surface area contributed by atoms with Crippen LogP contribution >= 0.6 is 15.9 Å². The summed E-state index contributed by atoms with van der Waals surface area (Å²) in [6.45, 7) is 0. The van der Waals surface area contributed by atoms with Gasteiger partial charge in [0.25, 0.3) is 5.91 Å². The van der Waals surface area contributed by atoms with Gasteiger partial charge < -0.3 is 11.1 Å².